The molecular formula is C12H18ClNO. The highest BCUT2D eigenvalue weighted by Gasteiger charge is 2.23. The van der Waals surface area contributed by atoms with Crippen LogP contribution in [-0.2, 0) is 6.42 Å². The predicted octanol–water partition coefficient (Wildman–Crippen LogP) is 2.67. The van der Waals surface area contributed by atoms with E-state index >= 15 is 0 Å². The van der Waals surface area contributed by atoms with E-state index in [1.54, 1.807) is 7.11 Å². The maximum atomic E-state index is 5.22. The number of methoxy groups -OCH3 is 1. The van der Waals surface area contributed by atoms with Crippen LogP contribution in [0.5, 0.6) is 5.75 Å². The molecule has 1 aliphatic carbocycles. The number of halogens is 1. The number of aryl methyl sites for hydroxylation is 1. The molecule has 0 unspecified atom stereocenters. The van der Waals surface area contributed by atoms with Crippen molar-refractivity contribution in [2.75, 3.05) is 21.2 Å². The smallest absolute Gasteiger partial charge is 0.119 e. The Balaban J connectivity index is 0.00000112. The number of fused-ring (bicyclic) bond motifs is 1. The number of nitrogens with zero attached hydrogens (tertiary/aromatic N) is 1. The van der Waals surface area contributed by atoms with E-state index in [1.807, 2.05) is 0 Å². The Morgan fingerprint density at radius 3 is 2.67 bits per heavy atom. The van der Waals surface area contributed by atoms with Gasteiger partial charge in [0.2, 0.25) is 0 Å². The predicted molar refractivity (Wildman–Crippen MR) is 65.0 cm³/mol. The maximum absolute atomic E-state index is 5.22. The van der Waals surface area contributed by atoms with Crippen molar-refractivity contribution in [3.8, 4) is 5.75 Å². The summed E-state index contributed by atoms with van der Waals surface area (Å²) in [4.78, 5) is 2.29. The SMILES string of the molecule is COc1ccc2c(c1)CC[C@H]2N(C)C.Cl. The molecule has 2 nitrogen and oxygen atoms in total. The zero-order chi connectivity index (χ0) is 10.1. The average Bonchev–Trinajstić information content (AvgIpc) is 2.59. The summed E-state index contributed by atoms with van der Waals surface area (Å²) in [5, 5.41) is 0. The van der Waals surface area contributed by atoms with Gasteiger partial charge in [-0.25, -0.2) is 0 Å². The van der Waals surface area contributed by atoms with Gasteiger partial charge in [-0.2, -0.15) is 0 Å². The summed E-state index contributed by atoms with van der Waals surface area (Å²) in [6.07, 6.45) is 2.41. The van der Waals surface area contributed by atoms with Crippen molar-refractivity contribution >= 4 is 12.4 Å². The maximum Gasteiger partial charge on any atom is 0.119 e. The van der Waals surface area contributed by atoms with E-state index in [-0.39, 0.29) is 12.4 Å². The second-order valence-electron chi connectivity index (χ2n) is 4.08. The van der Waals surface area contributed by atoms with Crippen LogP contribution in [-0.4, -0.2) is 26.1 Å². The normalized spacial score (nSPS) is 18.5. The molecule has 0 N–H and O–H groups in total. The van der Waals surface area contributed by atoms with Crippen molar-refractivity contribution in [2.24, 2.45) is 0 Å². The van der Waals surface area contributed by atoms with Crippen LogP contribution in [0.15, 0.2) is 18.2 Å². The first-order chi connectivity index (χ1) is 6.72. The number of benzene rings is 1. The summed E-state index contributed by atoms with van der Waals surface area (Å²) in [5.74, 6) is 0.975. The second-order valence-corrected chi connectivity index (χ2v) is 4.08. The fourth-order valence-electron chi connectivity index (χ4n) is 2.23. The highest BCUT2D eigenvalue weighted by Crippen LogP contribution is 2.35. The third-order valence-electron chi connectivity index (χ3n) is 3.02. The van der Waals surface area contributed by atoms with Crippen LogP contribution in [0.3, 0.4) is 0 Å². The van der Waals surface area contributed by atoms with E-state index in [0.29, 0.717) is 6.04 Å². The molecule has 0 bridgehead atoms. The summed E-state index contributed by atoms with van der Waals surface area (Å²) >= 11 is 0. The van der Waals surface area contributed by atoms with E-state index in [1.165, 1.54) is 24.0 Å². The number of hydrogen-bond acceptors (Lipinski definition) is 2. The quantitative estimate of drug-likeness (QED) is 0.770. The minimum absolute atomic E-state index is 0. The van der Waals surface area contributed by atoms with Crippen molar-refractivity contribution < 1.29 is 4.74 Å². The monoisotopic (exact) mass is 227 g/mol. The van der Waals surface area contributed by atoms with Gasteiger partial charge in [0.15, 0.2) is 0 Å². The van der Waals surface area contributed by atoms with Crippen molar-refractivity contribution in [2.45, 2.75) is 18.9 Å². The first kappa shape index (κ1) is 12.3. The zero-order valence-corrected chi connectivity index (χ0v) is 10.3. The molecule has 3 heteroatoms. The van der Waals surface area contributed by atoms with Gasteiger partial charge >= 0.3 is 0 Å². The summed E-state index contributed by atoms with van der Waals surface area (Å²) in [6.45, 7) is 0. The molecule has 1 aromatic rings. The fourth-order valence-corrected chi connectivity index (χ4v) is 2.23. The Kier molecular flexibility index (Phi) is 4.00. The van der Waals surface area contributed by atoms with Crippen LogP contribution >= 0.6 is 12.4 Å². The van der Waals surface area contributed by atoms with Gasteiger partial charge in [0, 0.05) is 6.04 Å². The molecule has 1 atom stereocenters. The van der Waals surface area contributed by atoms with Crippen LogP contribution < -0.4 is 4.74 Å². The minimum Gasteiger partial charge on any atom is -0.497 e. The van der Waals surface area contributed by atoms with Crippen LogP contribution in [0.25, 0.3) is 0 Å². The highest BCUT2D eigenvalue weighted by atomic mass is 35.5. The lowest BCUT2D eigenvalue weighted by Gasteiger charge is -2.20. The lowest BCUT2D eigenvalue weighted by atomic mass is 10.1. The van der Waals surface area contributed by atoms with Crippen LogP contribution in [0.1, 0.15) is 23.6 Å². The Morgan fingerprint density at radius 2 is 2.07 bits per heavy atom. The van der Waals surface area contributed by atoms with Gasteiger partial charge in [0.1, 0.15) is 5.75 Å². The van der Waals surface area contributed by atoms with E-state index in [2.05, 4.69) is 37.2 Å². The van der Waals surface area contributed by atoms with Gasteiger partial charge in [-0.1, -0.05) is 6.07 Å². The molecule has 0 aromatic heterocycles. The topological polar surface area (TPSA) is 12.5 Å². The molecule has 1 aliphatic rings. The summed E-state index contributed by atoms with van der Waals surface area (Å²) in [5.41, 5.74) is 2.92. The van der Waals surface area contributed by atoms with Gasteiger partial charge in [-0.15, -0.1) is 12.4 Å². The van der Waals surface area contributed by atoms with Crippen LogP contribution in [0, 0.1) is 0 Å². The van der Waals surface area contributed by atoms with E-state index in [0.717, 1.165) is 5.75 Å². The first-order valence-electron chi connectivity index (χ1n) is 5.05. The average molecular weight is 228 g/mol. The summed E-state index contributed by atoms with van der Waals surface area (Å²) < 4.78 is 5.22. The van der Waals surface area contributed by atoms with Crippen LogP contribution in [0.2, 0.25) is 0 Å². The Bertz CT molecular complexity index is 338. The molecule has 0 fully saturated rings. The molecule has 1 aromatic carbocycles. The third-order valence-corrected chi connectivity index (χ3v) is 3.02. The molecule has 0 aliphatic heterocycles. The van der Waals surface area contributed by atoms with Gasteiger partial charge in [-0.05, 0) is 50.2 Å². The van der Waals surface area contributed by atoms with E-state index in [4.69, 9.17) is 4.74 Å². The fraction of sp³-hybridized carbons (Fsp3) is 0.500. The number of hydrogen-bond donors (Lipinski definition) is 0. The van der Waals surface area contributed by atoms with E-state index < -0.39 is 0 Å². The van der Waals surface area contributed by atoms with Gasteiger partial charge in [-0.3, -0.25) is 0 Å². The van der Waals surface area contributed by atoms with Crippen molar-refractivity contribution in [1.29, 1.82) is 0 Å². The van der Waals surface area contributed by atoms with Crippen LogP contribution in [0.4, 0.5) is 0 Å². The molecule has 84 valence electrons. The molecule has 0 amide bonds. The van der Waals surface area contributed by atoms with Gasteiger partial charge in [0.05, 0.1) is 7.11 Å². The minimum atomic E-state index is 0. The highest BCUT2D eigenvalue weighted by molar-refractivity contribution is 5.85. The molecular weight excluding hydrogens is 210 g/mol. The lowest BCUT2D eigenvalue weighted by molar-refractivity contribution is 0.299. The second kappa shape index (κ2) is 4.86. The number of rotatable bonds is 2. The molecule has 2 rings (SSSR count). The first-order valence-corrected chi connectivity index (χ1v) is 5.05. The number of ether oxygens (including phenoxy) is 1. The molecule has 0 spiro atoms. The Labute approximate surface area is 97.6 Å². The lowest BCUT2D eigenvalue weighted by Crippen LogP contribution is -2.17. The largest absolute Gasteiger partial charge is 0.497 e. The van der Waals surface area contributed by atoms with Gasteiger partial charge in [0.25, 0.3) is 0 Å². The molecule has 15 heavy (non-hydrogen) atoms. The zero-order valence-electron chi connectivity index (χ0n) is 9.49. The third kappa shape index (κ3) is 2.27. The van der Waals surface area contributed by atoms with Crippen molar-refractivity contribution in [3.05, 3.63) is 29.3 Å². The van der Waals surface area contributed by atoms with E-state index in [9.17, 15) is 0 Å². The molecule has 0 heterocycles. The molecule has 0 saturated heterocycles. The van der Waals surface area contributed by atoms with Gasteiger partial charge < -0.3 is 9.64 Å². The Hall–Kier alpha value is -0.730. The Morgan fingerprint density at radius 1 is 1.33 bits per heavy atom. The summed E-state index contributed by atoms with van der Waals surface area (Å²) in [6, 6.07) is 7.02. The summed E-state index contributed by atoms with van der Waals surface area (Å²) in [7, 11) is 6.01. The standard InChI is InChI=1S/C12H17NO.ClH/c1-13(2)12-7-4-9-8-10(14-3)5-6-11(9)12;/h5-6,8,12H,4,7H2,1-3H3;1H/t12-;/m1./s1. The molecule has 0 saturated carbocycles. The van der Waals surface area contributed by atoms with Crippen molar-refractivity contribution in [3.63, 3.8) is 0 Å². The molecule has 0 radical (unpaired) electrons. The van der Waals surface area contributed by atoms with Crippen molar-refractivity contribution in [1.82, 2.24) is 4.90 Å².